The third kappa shape index (κ3) is 3.16. The van der Waals surface area contributed by atoms with E-state index in [4.69, 9.17) is 10.00 Å². The van der Waals surface area contributed by atoms with Crippen LogP contribution < -0.4 is 4.74 Å². The summed E-state index contributed by atoms with van der Waals surface area (Å²) in [6, 6.07) is 6.84. The summed E-state index contributed by atoms with van der Waals surface area (Å²) >= 11 is 0. The molecule has 0 fully saturated rings. The Morgan fingerprint density at radius 3 is 2.56 bits per heavy atom. The van der Waals surface area contributed by atoms with Gasteiger partial charge in [0.1, 0.15) is 12.4 Å². The molecule has 86 valence electrons. The number of nitrogens with zero attached hydrogens (tertiary/aromatic N) is 1. The van der Waals surface area contributed by atoms with Crippen LogP contribution in [0.1, 0.15) is 12.5 Å². The zero-order valence-corrected chi connectivity index (χ0v) is 8.58. The first-order valence-electron chi connectivity index (χ1n) is 4.63. The number of rotatable bonds is 3. The summed E-state index contributed by atoms with van der Waals surface area (Å²) < 4.78 is 42.5. The van der Waals surface area contributed by atoms with Crippen LogP contribution in [0.4, 0.5) is 13.2 Å². The molecule has 0 saturated heterocycles. The number of alkyl halides is 3. The standard InChI is InChI=1S/C11H10F3NO/c1-8(6-15)7-16-10-5-3-2-4-9(10)11(12,13)14/h2-5,8H,7H2,1H3. The molecule has 0 bridgehead atoms. The summed E-state index contributed by atoms with van der Waals surface area (Å²) in [6.07, 6.45) is -4.44. The van der Waals surface area contributed by atoms with Crippen LogP contribution in [0.15, 0.2) is 24.3 Å². The van der Waals surface area contributed by atoms with Gasteiger partial charge in [0.2, 0.25) is 0 Å². The van der Waals surface area contributed by atoms with Crippen LogP contribution in [0.25, 0.3) is 0 Å². The number of halogens is 3. The van der Waals surface area contributed by atoms with Gasteiger partial charge in [0.15, 0.2) is 0 Å². The Bertz CT molecular complexity index is 395. The van der Waals surface area contributed by atoms with Gasteiger partial charge in [0, 0.05) is 0 Å². The second-order valence-electron chi connectivity index (χ2n) is 3.34. The van der Waals surface area contributed by atoms with Crippen molar-refractivity contribution in [2.24, 2.45) is 5.92 Å². The van der Waals surface area contributed by atoms with E-state index in [0.29, 0.717) is 0 Å². The largest absolute Gasteiger partial charge is 0.492 e. The molecule has 5 heteroatoms. The SMILES string of the molecule is CC(C#N)COc1ccccc1C(F)(F)F. The fourth-order valence-corrected chi connectivity index (χ4v) is 1.08. The van der Waals surface area contributed by atoms with Gasteiger partial charge in [-0.05, 0) is 19.1 Å². The molecule has 0 spiro atoms. The number of nitriles is 1. The van der Waals surface area contributed by atoms with Crippen molar-refractivity contribution in [1.82, 2.24) is 0 Å². The second kappa shape index (κ2) is 4.88. The average molecular weight is 229 g/mol. The third-order valence-electron chi connectivity index (χ3n) is 1.90. The molecule has 0 aliphatic carbocycles. The zero-order valence-electron chi connectivity index (χ0n) is 8.58. The summed E-state index contributed by atoms with van der Waals surface area (Å²) in [6.45, 7) is 1.53. The molecule has 16 heavy (non-hydrogen) atoms. The van der Waals surface area contributed by atoms with Crippen molar-refractivity contribution in [3.8, 4) is 11.8 Å². The molecule has 1 aromatic rings. The number of para-hydroxylation sites is 1. The van der Waals surface area contributed by atoms with E-state index in [-0.39, 0.29) is 12.4 Å². The number of hydrogen-bond donors (Lipinski definition) is 0. The van der Waals surface area contributed by atoms with Gasteiger partial charge >= 0.3 is 6.18 Å². The van der Waals surface area contributed by atoms with Crippen LogP contribution in [-0.4, -0.2) is 6.61 Å². The molecule has 1 unspecified atom stereocenters. The lowest BCUT2D eigenvalue weighted by molar-refractivity contribution is -0.139. The summed E-state index contributed by atoms with van der Waals surface area (Å²) in [5, 5.41) is 8.49. The Morgan fingerprint density at radius 2 is 2.00 bits per heavy atom. The minimum Gasteiger partial charge on any atom is -0.492 e. The maximum Gasteiger partial charge on any atom is 0.419 e. The Morgan fingerprint density at radius 1 is 1.38 bits per heavy atom. The minimum atomic E-state index is -4.44. The molecule has 0 aliphatic heterocycles. The van der Waals surface area contributed by atoms with Crippen LogP contribution in [0.5, 0.6) is 5.75 Å². The average Bonchev–Trinajstić information content (AvgIpc) is 2.25. The molecule has 0 saturated carbocycles. The lowest BCUT2D eigenvalue weighted by Crippen LogP contribution is -2.12. The van der Waals surface area contributed by atoms with Crippen LogP contribution in [-0.2, 0) is 6.18 Å². The highest BCUT2D eigenvalue weighted by Gasteiger charge is 2.34. The van der Waals surface area contributed by atoms with Gasteiger partial charge in [0.05, 0.1) is 17.6 Å². The quantitative estimate of drug-likeness (QED) is 0.797. The van der Waals surface area contributed by atoms with Gasteiger partial charge in [-0.3, -0.25) is 0 Å². The van der Waals surface area contributed by atoms with Crippen LogP contribution in [0.3, 0.4) is 0 Å². The Labute approximate surface area is 91.3 Å². The Balaban J connectivity index is 2.85. The molecular weight excluding hydrogens is 219 g/mol. The normalized spacial score (nSPS) is 12.9. The molecule has 0 aliphatic rings. The third-order valence-corrected chi connectivity index (χ3v) is 1.90. The number of hydrogen-bond acceptors (Lipinski definition) is 2. The highest BCUT2D eigenvalue weighted by molar-refractivity contribution is 5.35. The first-order valence-corrected chi connectivity index (χ1v) is 4.63. The fourth-order valence-electron chi connectivity index (χ4n) is 1.08. The fraction of sp³-hybridized carbons (Fsp3) is 0.364. The molecule has 0 N–H and O–H groups in total. The van der Waals surface area contributed by atoms with Crippen molar-refractivity contribution in [1.29, 1.82) is 5.26 Å². The van der Waals surface area contributed by atoms with Crippen molar-refractivity contribution in [2.75, 3.05) is 6.61 Å². The van der Waals surface area contributed by atoms with E-state index in [2.05, 4.69) is 0 Å². The molecule has 0 aromatic heterocycles. The minimum absolute atomic E-state index is 0.0520. The summed E-state index contributed by atoms with van der Waals surface area (Å²) in [4.78, 5) is 0. The van der Waals surface area contributed by atoms with E-state index < -0.39 is 17.7 Å². The van der Waals surface area contributed by atoms with Crippen molar-refractivity contribution in [3.05, 3.63) is 29.8 Å². The predicted molar refractivity (Wildman–Crippen MR) is 51.7 cm³/mol. The van der Waals surface area contributed by atoms with E-state index in [1.54, 1.807) is 6.92 Å². The Kier molecular flexibility index (Phi) is 3.78. The van der Waals surface area contributed by atoms with E-state index in [9.17, 15) is 13.2 Å². The zero-order chi connectivity index (χ0) is 12.2. The van der Waals surface area contributed by atoms with E-state index in [0.717, 1.165) is 6.07 Å². The van der Waals surface area contributed by atoms with Crippen LogP contribution >= 0.6 is 0 Å². The first-order chi connectivity index (χ1) is 7.45. The van der Waals surface area contributed by atoms with Crippen LogP contribution in [0.2, 0.25) is 0 Å². The van der Waals surface area contributed by atoms with E-state index in [1.165, 1.54) is 18.2 Å². The van der Waals surface area contributed by atoms with Gasteiger partial charge < -0.3 is 4.74 Å². The highest BCUT2D eigenvalue weighted by Crippen LogP contribution is 2.35. The molecule has 2 nitrogen and oxygen atoms in total. The summed E-state index contributed by atoms with van der Waals surface area (Å²) in [5.41, 5.74) is -0.819. The monoisotopic (exact) mass is 229 g/mol. The van der Waals surface area contributed by atoms with E-state index >= 15 is 0 Å². The van der Waals surface area contributed by atoms with Gasteiger partial charge in [-0.2, -0.15) is 18.4 Å². The summed E-state index contributed by atoms with van der Waals surface area (Å²) in [7, 11) is 0. The van der Waals surface area contributed by atoms with Crippen molar-refractivity contribution in [3.63, 3.8) is 0 Å². The van der Waals surface area contributed by atoms with Gasteiger partial charge in [-0.25, -0.2) is 0 Å². The molecule has 1 rings (SSSR count). The van der Waals surface area contributed by atoms with Gasteiger partial charge in [0.25, 0.3) is 0 Å². The molecule has 0 amide bonds. The molecular formula is C11H10F3NO. The van der Waals surface area contributed by atoms with Crippen LogP contribution in [0, 0.1) is 17.2 Å². The highest BCUT2D eigenvalue weighted by atomic mass is 19.4. The van der Waals surface area contributed by atoms with E-state index in [1.807, 2.05) is 6.07 Å². The van der Waals surface area contributed by atoms with Gasteiger partial charge in [-0.1, -0.05) is 12.1 Å². The molecule has 0 radical (unpaired) electrons. The number of ether oxygens (including phenoxy) is 1. The van der Waals surface area contributed by atoms with Gasteiger partial charge in [-0.15, -0.1) is 0 Å². The van der Waals surface area contributed by atoms with Crippen molar-refractivity contribution in [2.45, 2.75) is 13.1 Å². The van der Waals surface area contributed by atoms with Crippen molar-refractivity contribution < 1.29 is 17.9 Å². The maximum absolute atomic E-state index is 12.5. The maximum atomic E-state index is 12.5. The van der Waals surface area contributed by atoms with Crippen molar-refractivity contribution >= 4 is 0 Å². The Hall–Kier alpha value is -1.70. The lowest BCUT2D eigenvalue weighted by atomic mass is 10.2. The topological polar surface area (TPSA) is 33.0 Å². The second-order valence-corrected chi connectivity index (χ2v) is 3.34. The number of benzene rings is 1. The first kappa shape index (κ1) is 12.4. The smallest absolute Gasteiger partial charge is 0.419 e. The molecule has 0 heterocycles. The molecule has 1 aromatic carbocycles. The predicted octanol–water partition coefficient (Wildman–Crippen LogP) is 3.24. The lowest BCUT2D eigenvalue weighted by Gasteiger charge is -2.14. The summed E-state index contributed by atoms with van der Waals surface area (Å²) in [5.74, 6) is -0.682. The molecule has 1 atom stereocenters.